The summed E-state index contributed by atoms with van der Waals surface area (Å²) in [6, 6.07) is 21.5. The molecule has 4 rings (SSSR count). The van der Waals surface area contributed by atoms with Crippen molar-refractivity contribution in [2.45, 2.75) is 36.2 Å². The maximum Gasteiger partial charge on any atom is 0.261 e. The van der Waals surface area contributed by atoms with E-state index in [0.717, 1.165) is 24.8 Å². The van der Waals surface area contributed by atoms with Crippen LogP contribution < -0.4 is 15.6 Å². The number of rotatable bonds is 9. The van der Waals surface area contributed by atoms with Crippen molar-refractivity contribution in [3.63, 3.8) is 0 Å². The molecule has 0 radical (unpaired) electrons. The molecule has 1 aliphatic rings. The van der Waals surface area contributed by atoms with Crippen molar-refractivity contribution < 1.29 is 17.6 Å². The third kappa shape index (κ3) is 6.45. The summed E-state index contributed by atoms with van der Waals surface area (Å²) in [5, 5.41) is 0. The van der Waals surface area contributed by atoms with E-state index in [1.165, 1.54) is 24.3 Å². The Morgan fingerprint density at radius 1 is 1.03 bits per heavy atom. The van der Waals surface area contributed by atoms with E-state index in [1.807, 2.05) is 0 Å². The first-order chi connectivity index (χ1) is 16.8. The Kier molecular flexibility index (Phi) is 7.80. The molecule has 1 aliphatic heterocycles. The third-order valence-corrected chi connectivity index (χ3v) is 7.46. The van der Waals surface area contributed by atoms with Crippen LogP contribution in [0.3, 0.4) is 0 Å². The number of benzene rings is 3. The van der Waals surface area contributed by atoms with Crippen LogP contribution >= 0.6 is 0 Å². The van der Waals surface area contributed by atoms with Crippen molar-refractivity contribution in [3.8, 4) is 0 Å². The second-order valence-corrected chi connectivity index (χ2v) is 10.4. The van der Waals surface area contributed by atoms with Crippen LogP contribution in [0.1, 0.15) is 41.2 Å². The van der Waals surface area contributed by atoms with Crippen molar-refractivity contribution in [1.82, 2.24) is 15.8 Å². The van der Waals surface area contributed by atoms with Gasteiger partial charge in [-0.25, -0.2) is 12.8 Å². The largest absolute Gasteiger partial charge is 0.342 e. The molecule has 9 heteroatoms. The minimum Gasteiger partial charge on any atom is -0.342 e. The molecule has 0 bridgehead atoms. The molecule has 1 saturated heterocycles. The Hall–Kier alpha value is -3.27. The van der Waals surface area contributed by atoms with Crippen molar-refractivity contribution in [2.75, 3.05) is 18.3 Å². The van der Waals surface area contributed by atoms with Crippen LogP contribution in [0.4, 0.5) is 10.1 Å². The fourth-order valence-electron chi connectivity index (χ4n) is 4.15. The lowest BCUT2D eigenvalue weighted by Crippen LogP contribution is -2.32. The second kappa shape index (κ2) is 11.0. The van der Waals surface area contributed by atoms with Crippen LogP contribution in [0.25, 0.3) is 0 Å². The quantitative estimate of drug-likeness (QED) is 0.415. The maximum absolute atomic E-state index is 13.1. The van der Waals surface area contributed by atoms with Crippen molar-refractivity contribution >= 4 is 21.6 Å². The Bertz CT molecular complexity index is 1250. The van der Waals surface area contributed by atoms with E-state index in [-0.39, 0.29) is 28.7 Å². The Morgan fingerprint density at radius 2 is 1.77 bits per heavy atom. The lowest BCUT2D eigenvalue weighted by Gasteiger charge is -2.19. The number of halogens is 1. The predicted molar refractivity (Wildman–Crippen MR) is 134 cm³/mol. The van der Waals surface area contributed by atoms with E-state index in [1.54, 1.807) is 66.5 Å². The molecular formula is C26H29FN4O3S. The number of carbonyl (C=O) groups is 1. The highest BCUT2D eigenvalue weighted by atomic mass is 32.2. The van der Waals surface area contributed by atoms with Gasteiger partial charge in [0.1, 0.15) is 5.82 Å². The zero-order chi connectivity index (χ0) is 24.8. The molecule has 1 amide bonds. The van der Waals surface area contributed by atoms with Gasteiger partial charge in [0.05, 0.1) is 4.90 Å². The summed E-state index contributed by atoms with van der Waals surface area (Å²) in [6.45, 7) is 0.568. The summed E-state index contributed by atoms with van der Waals surface area (Å²) < 4.78 is 40.8. The Morgan fingerprint density at radius 3 is 2.51 bits per heavy atom. The van der Waals surface area contributed by atoms with E-state index in [0.29, 0.717) is 17.8 Å². The van der Waals surface area contributed by atoms with Gasteiger partial charge in [-0.1, -0.05) is 36.4 Å². The summed E-state index contributed by atoms with van der Waals surface area (Å²) in [4.78, 5) is 14.7. The molecule has 2 unspecified atom stereocenters. The highest BCUT2D eigenvalue weighted by Gasteiger charge is 2.25. The summed E-state index contributed by atoms with van der Waals surface area (Å²) >= 11 is 0. The number of nitrogens with one attached hydrogen (secondary N) is 3. The molecule has 3 aromatic carbocycles. The van der Waals surface area contributed by atoms with Gasteiger partial charge < -0.3 is 4.90 Å². The van der Waals surface area contributed by atoms with E-state index in [4.69, 9.17) is 0 Å². The summed E-state index contributed by atoms with van der Waals surface area (Å²) in [5.41, 5.74) is 8.33. The van der Waals surface area contributed by atoms with Crippen LogP contribution in [0, 0.1) is 5.82 Å². The summed E-state index contributed by atoms with van der Waals surface area (Å²) in [7, 11) is -1.99. The molecule has 1 fully saturated rings. The first kappa shape index (κ1) is 24.8. The average Bonchev–Trinajstić information content (AvgIpc) is 3.33. The lowest BCUT2D eigenvalue weighted by molar-refractivity contribution is 0.0791. The second-order valence-electron chi connectivity index (χ2n) is 8.69. The van der Waals surface area contributed by atoms with Gasteiger partial charge in [-0.2, -0.15) is 0 Å². The number of hydrazine groups is 1. The van der Waals surface area contributed by atoms with E-state index in [9.17, 15) is 17.6 Å². The summed E-state index contributed by atoms with van der Waals surface area (Å²) in [5.74, 6) is -0.421. The van der Waals surface area contributed by atoms with Crippen LogP contribution in [0.5, 0.6) is 0 Å². The van der Waals surface area contributed by atoms with Gasteiger partial charge in [0.2, 0.25) is 0 Å². The fraction of sp³-hybridized carbons (Fsp3) is 0.269. The summed E-state index contributed by atoms with van der Waals surface area (Å²) in [6.07, 6.45) is 2.56. The van der Waals surface area contributed by atoms with Crippen LogP contribution in [0.2, 0.25) is 0 Å². The van der Waals surface area contributed by atoms with Gasteiger partial charge in [-0.15, -0.1) is 0 Å². The van der Waals surface area contributed by atoms with Crippen molar-refractivity contribution in [2.24, 2.45) is 0 Å². The molecule has 0 aromatic heterocycles. The standard InChI is InChI=1S/C26H29FN4O3S/c1-31(16-6-9-22-18-25(29-28-22)19-12-14-21(27)15-13-19)26(32)20-7-5-8-23(17-20)30-35(33,34)24-10-3-2-4-11-24/h2-5,7-8,10-15,17,22,25,28-30H,6,9,16,18H2,1H3. The fourth-order valence-corrected chi connectivity index (χ4v) is 5.22. The zero-order valence-corrected chi connectivity index (χ0v) is 20.3. The molecule has 0 aliphatic carbocycles. The average molecular weight is 497 g/mol. The zero-order valence-electron chi connectivity index (χ0n) is 19.4. The number of sulfonamides is 1. The molecule has 0 saturated carbocycles. The highest BCUT2D eigenvalue weighted by molar-refractivity contribution is 7.92. The smallest absolute Gasteiger partial charge is 0.261 e. The van der Waals surface area contributed by atoms with Crippen LogP contribution in [-0.2, 0) is 10.0 Å². The van der Waals surface area contributed by atoms with Gasteiger partial charge in [-0.3, -0.25) is 20.4 Å². The number of hydrogen-bond acceptors (Lipinski definition) is 5. The van der Waals surface area contributed by atoms with Crippen LogP contribution in [0.15, 0.2) is 83.8 Å². The molecule has 2 atom stereocenters. The SMILES string of the molecule is CN(CCCC1CC(c2ccc(F)cc2)NN1)C(=O)c1cccc(NS(=O)(=O)c2ccccc2)c1. The number of carbonyl (C=O) groups excluding carboxylic acids is 1. The van der Waals surface area contributed by atoms with E-state index < -0.39 is 10.0 Å². The topological polar surface area (TPSA) is 90.5 Å². The number of hydrogen-bond donors (Lipinski definition) is 3. The maximum atomic E-state index is 13.1. The molecule has 1 heterocycles. The van der Waals surface area contributed by atoms with E-state index in [2.05, 4.69) is 15.6 Å². The van der Waals surface area contributed by atoms with Gasteiger partial charge in [0, 0.05) is 36.9 Å². The molecule has 3 N–H and O–H groups in total. The third-order valence-electron chi connectivity index (χ3n) is 6.06. The first-order valence-electron chi connectivity index (χ1n) is 11.5. The van der Waals surface area contributed by atoms with Crippen molar-refractivity contribution in [1.29, 1.82) is 0 Å². The molecule has 0 spiro atoms. The Balaban J connectivity index is 1.28. The highest BCUT2D eigenvalue weighted by Crippen LogP contribution is 2.24. The van der Waals surface area contributed by atoms with Crippen molar-refractivity contribution in [3.05, 3.63) is 95.8 Å². The van der Waals surface area contributed by atoms with Gasteiger partial charge in [0.15, 0.2) is 0 Å². The molecule has 184 valence electrons. The minimum absolute atomic E-state index is 0.127. The van der Waals surface area contributed by atoms with Crippen LogP contribution in [-0.4, -0.2) is 38.9 Å². The number of amides is 1. The first-order valence-corrected chi connectivity index (χ1v) is 13.0. The molecule has 3 aromatic rings. The Labute approximate surface area is 205 Å². The van der Waals surface area contributed by atoms with Gasteiger partial charge in [0.25, 0.3) is 15.9 Å². The van der Waals surface area contributed by atoms with Gasteiger partial charge in [-0.05, 0) is 67.3 Å². The van der Waals surface area contributed by atoms with Gasteiger partial charge >= 0.3 is 0 Å². The number of nitrogens with zero attached hydrogens (tertiary/aromatic N) is 1. The monoisotopic (exact) mass is 496 g/mol. The molecular weight excluding hydrogens is 467 g/mol. The van der Waals surface area contributed by atoms with E-state index >= 15 is 0 Å². The molecule has 35 heavy (non-hydrogen) atoms. The number of anilines is 1. The lowest BCUT2D eigenvalue weighted by atomic mass is 9.99. The minimum atomic E-state index is -3.73. The predicted octanol–water partition coefficient (Wildman–Crippen LogP) is 4.09. The molecule has 7 nitrogen and oxygen atoms in total. The normalized spacial score (nSPS) is 17.8.